The average Bonchev–Trinajstić information content (AvgIpc) is 3.39. The van der Waals surface area contributed by atoms with Gasteiger partial charge >= 0.3 is 6.18 Å². The Kier molecular flexibility index (Phi) is 4.23. The van der Waals surface area contributed by atoms with Crippen LogP contribution in [0.15, 0.2) is 41.5 Å². The van der Waals surface area contributed by atoms with E-state index >= 15 is 0 Å². The fourth-order valence-electron chi connectivity index (χ4n) is 4.89. The smallest absolute Gasteiger partial charge is 0.311 e. The molecule has 0 bridgehead atoms. The maximum absolute atomic E-state index is 13.7. The van der Waals surface area contributed by atoms with Crippen molar-refractivity contribution in [3.05, 3.63) is 63.8 Å². The second-order valence-electron chi connectivity index (χ2n) is 9.16. The zero-order valence-corrected chi connectivity index (χ0v) is 17.9. The van der Waals surface area contributed by atoms with Crippen LogP contribution in [0.4, 0.5) is 13.2 Å². The summed E-state index contributed by atoms with van der Waals surface area (Å²) in [5.41, 5.74) is 0.624. The van der Waals surface area contributed by atoms with Gasteiger partial charge in [0.2, 0.25) is 0 Å². The molecule has 170 valence electrons. The van der Waals surface area contributed by atoms with Gasteiger partial charge < -0.3 is 5.32 Å². The van der Waals surface area contributed by atoms with Crippen molar-refractivity contribution in [2.75, 3.05) is 6.54 Å². The molecule has 7 nitrogen and oxygen atoms in total. The maximum Gasteiger partial charge on any atom is 0.420 e. The molecular formula is C23H21F3N6O. The minimum Gasteiger partial charge on any atom is -0.311 e. The van der Waals surface area contributed by atoms with E-state index < -0.39 is 11.7 Å². The number of aryl methyl sites for hydroxylation is 1. The first-order valence-corrected chi connectivity index (χ1v) is 10.9. The highest BCUT2D eigenvalue weighted by atomic mass is 19.4. The normalized spacial score (nSPS) is 20.1. The second kappa shape index (κ2) is 6.86. The van der Waals surface area contributed by atoms with E-state index in [1.807, 2.05) is 12.3 Å². The molecule has 4 aromatic heterocycles. The van der Waals surface area contributed by atoms with Crippen LogP contribution < -0.4 is 10.9 Å². The summed E-state index contributed by atoms with van der Waals surface area (Å²) in [6.45, 7) is 2.55. The molecule has 6 rings (SSSR count). The zero-order chi connectivity index (χ0) is 23.0. The van der Waals surface area contributed by atoms with Crippen molar-refractivity contribution < 1.29 is 13.2 Å². The molecule has 5 heterocycles. The molecule has 1 saturated heterocycles. The summed E-state index contributed by atoms with van der Waals surface area (Å²) in [5.74, 6) is 0.368. The SMILES string of the molecule is Cc1cn2nc(-c3cc(=O)n4cc([C@@H]5CCNC6(CC6)C5)ccc4n3)cc(C(F)(F)F)c2n1. The number of nitrogens with one attached hydrogen (secondary N) is 1. The van der Waals surface area contributed by atoms with Crippen LogP contribution >= 0.6 is 0 Å². The number of piperidine rings is 1. The van der Waals surface area contributed by atoms with Crippen LogP contribution in [0.2, 0.25) is 0 Å². The summed E-state index contributed by atoms with van der Waals surface area (Å²) in [7, 11) is 0. The maximum atomic E-state index is 13.7. The lowest BCUT2D eigenvalue weighted by Crippen LogP contribution is -2.39. The van der Waals surface area contributed by atoms with E-state index in [9.17, 15) is 18.0 Å². The predicted octanol–water partition coefficient (Wildman–Crippen LogP) is 3.73. The topological polar surface area (TPSA) is 76.6 Å². The van der Waals surface area contributed by atoms with Gasteiger partial charge in [-0.05, 0) is 62.8 Å². The van der Waals surface area contributed by atoms with Gasteiger partial charge in [0.15, 0.2) is 5.65 Å². The summed E-state index contributed by atoms with van der Waals surface area (Å²) in [6.07, 6.45) is 3.04. The molecule has 1 N–H and O–H groups in total. The number of fused-ring (bicyclic) bond motifs is 2. The fraction of sp³-hybridized carbons (Fsp3) is 0.391. The quantitative estimate of drug-likeness (QED) is 0.500. The average molecular weight is 454 g/mol. The van der Waals surface area contributed by atoms with E-state index in [-0.39, 0.29) is 28.1 Å². The van der Waals surface area contributed by atoms with E-state index in [0.717, 1.165) is 35.5 Å². The summed E-state index contributed by atoms with van der Waals surface area (Å²) < 4.78 is 43.5. The van der Waals surface area contributed by atoms with E-state index in [1.54, 1.807) is 13.0 Å². The van der Waals surface area contributed by atoms with Crippen LogP contribution in [-0.2, 0) is 6.18 Å². The Hall–Kier alpha value is -3.27. The van der Waals surface area contributed by atoms with Crippen LogP contribution in [0.5, 0.6) is 0 Å². The number of pyridine rings is 1. The first-order chi connectivity index (χ1) is 15.7. The molecule has 0 amide bonds. The van der Waals surface area contributed by atoms with Crippen molar-refractivity contribution in [2.45, 2.75) is 50.2 Å². The molecule has 2 aliphatic rings. The fourth-order valence-corrected chi connectivity index (χ4v) is 4.89. The molecular weight excluding hydrogens is 433 g/mol. The molecule has 1 atom stereocenters. The van der Waals surface area contributed by atoms with Gasteiger partial charge in [0.1, 0.15) is 16.9 Å². The highest BCUT2D eigenvalue weighted by molar-refractivity contribution is 5.62. The van der Waals surface area contributed by atoms with Crippen LogP contribution in [-0.4, -0.2) is 36.1 Å². The van der Waals surface area contributed by atoms with Crippen molar-refractivity contribution in [3.8, 4) is 11.4 Å². The van der Waals surface area contributed by atoms with E-state index in [1.165, 1.54) is 29.5 Å². The Balaban J connectivity index is 1.44. The molecule has 10 heteroatoms. The molecule has 2 fully saturated rings. The van der Waals surface area contributed by atoms with Crippen molar-refractivity contribution in [1.82, 2.24) is 29.3 Å². The van der Waals surface area contributed by atoms with Crippen molar-refractivity contribution in [2.24, 2.45) is 0 Å². The van der Waals surface area contributed by atoms with Crippen molar-refractivity contribution >= 4 is 11.3 Å². The lowest BCUT2D eigenvalue weighted by Gasteiger charge is -2.30. The summed E-state index contributed by atoms with van der Waals surface area (Å²) in [5, 5.41) is 7.84. The van der Waals surface area contributed by atoms with Crippen LogP contribution in [0.25, 0.3) is 22.7 Å². The number of hydrogen-bond donors (Lipinski definition) is 1. The Labute approximate surface area is 186 Å². The second-order valence-corrected chi connectivity index (χ2v) is 9.16. The van der Waals surface area contributed by atoms with Gasteiger partial charge in [-0.2, -0.15) is 18.3 Å². The van der Waals surface area contributed by atoms with Gasteiger partial charge in [-0.1, -0.05) is 6.07 Å². The Morgan fingerprint density at radius 1 is 1.12 bits per heavy atom. The number of imidazole rings is 1. The lowest BCUT2D eigenvalue weighted by atomic mass is 9.86. The number of halogens is 3. The standard InChI is InChI=1S/C23H21F3N6O/c1-13-11-32-21(28-13)16(23(24,25)26)8-18(30-32)17-9-20(33)31-12-15(2-3-19(31)29-17)14-4-7-27-22(10-14)5-6-22/h2-3,8-9,11-12,14,27H,4-7,10H2,1H3/t14-/m1/s1. The van der Waals surface area contributed by atoms with Crippen LogP contribution in [0.1, 0.15) is 48.4 Å². The molecule has 0 radical (unpaired) electrons. The van der Waals surface area contributed by atoms with Gasteiger partial charge in [0, 0.05) is 17.8 Å². The third-order valence-electron chi connectivity index (χ3n) is 6.75. The highest BCUT2D eigenvalue weighted by Gasteiger charge is 2.46. The largest absolute Gasteiger partial charge is 0.420 e. The monoisotopic (exact) mass is 454 g/mol. The zero-order valence-electron chi connectivity index (χ0n) is 17.9. The predicted molar refractivity (Wildman–Crippen MR) is 115 cm³/mol. The minimum atomic E-state index is -4.62. The first kappa shape index (κ1) is 20.3. The Bertz CT molecular complexity index is 1470. The number of nitrogens with zero attached hydrogens (tertiary/aromatic N) is 5. The number of alkyl halides is 3. The molecule has 1 aliphatic carbocycles. The number of rotatable bonds is 2. The van der Waals surface area contributed by atoms with Gasteiger partial charge in [-0.3, -0.25) is 9.20 Å². The summed E-state index contributed by atoms with van der Waals surface area (Å²) >= 11 is 0. The van der Waals surface area contributed by atoms with E-state index in [2.05, 4.69) is 20.4 Å². The summed E-state index contributed by atoms with van der Waals surface area (Å²) in [6, 6.07) is 5.86. The van der Waals surface area contributed by atoms with Gasteiger partial charge in [0.05, 0.1) is 17.6 Å². The minimum absolute atomic E-state index is 0.0371. The molecule has 4 aromatic rings. The molecule has 1 spiro atoms. The highest BCUT2D eigenvalue weighted by Crippen LogP contribution is 2.46. The van der Waals surface area contributed by atoms with Gasteiger partial charge in [0.25, 0.3) is 5.56 Å². The third-order valence-corrected chi connectivity index (χ3v) is 6.75. The number of aromatic nitrogens is 5. The molecule has 1 aliphatic heterocycles. The van der Waals surface area contributed by atoms with Gasteiger partial charge in [-0.15, -0.1) is 0 Å². The lowest BCUT2D eigenvalue weighted by molar-refractivity contribution is -0.136. The Morgan fingerprint density at radius 2 is 1.94 bits per heavy atom. The first-order valence-electron chi connectivity index (χ1n) is 10.9. The van der Waals surface area contributed by atoms with Crippen molar-refractivity contribution in [1.29, 1.82) is 0 Å². The summed E-state index contributed by atoms with van der Waals surface area (Å²) in [4.78, 5) is 21.3. The van der Waals surface area contributed by atoms with Crippen LogP contribution in [0.3, 0.4) is 0 Å². The van der Waals surface area contributed by atoms with Gasteiger partial charge in [-0.25, -0.2) is 14.5 Å². The third kappa shape index (κ3) is 3.49. The Morgan fingerprint density at radius 3 is 2.70 bits per heavy atom. The van der Waals surface area contributed by atoms with Crippen LogP contribution in [0, 0.1) is 6.92 Å². The van der Waals surface area contributed by atoms with E-state index in [4.69, 9.17) is 0 Å². The molecule has 1 saturated carbocycles. The molecule has 0 unspecified atom stereocenters. The van der Waals surface area contributed by atoms with Crippen molar-refractivity contribution in [3.63, 3.8) is 0 Å². The molecule has 0 aromatic carbocycles. The number of hydrogen-bond acceptors (Lipinski definition) is 5. The van der Waals surface area contributed by atoms with E-state index in [0.29, 0.717) is 17.3 Å². The molecule has 33 heavy (non-hydrogen) atoms.